The van der Waals surface area contributed by atoms with Gasteiger partial charge in [0.2, 0.25) is 0 Å². The summed E-state index contributed by atoms with van der Waals surface area (Å²) >= 11 is 0. The number of aromatic nitrogens is 1. The second-order valence-corrected chi connectivity index (χ2v) is 7.19. The van der Waals surface area contributed by atoms with Crippen LogP contribution in [0.2, 0.25) is 0 Å². The van der Waals surface area contributed by atoms with Gasteiger partial charge in [-0.1, -0.05) is 42.5 Å². The van der Waals surface area contributed by atoms with Gasteiger partial charge in [-0.2, -0.15) is 0 Å². The van der Waals surface area contributed by atoms with E-state index >= 15 is 0 Å². The first-order chi connectivity index (χ1) is 13.2. The third kappa shape index (κ3) is 5.27. The molecule has 4 heteroatoms. The molecule has 0 spiro atoms. The molecular formula is C23H28N2O2. The Bertz CT molecular complexity index is 745. The second-order valence-electron chi connectivity index (χ2n) is 7.19. The lowest BCUT2D eigenvalue weighted by Crippen LogP contribution is -2.48. The van der Waals surface area contributed by atoms with Gasteiger partial charge >= 0.3 is 5.97 Å². The first kappa shape index (κ1) is 19.3. The van der Waals surface area contributed by atoms with Crippen LogP contribution in [0.5, 0.6) is 0 Å². The first-order valence-electron chi connectivity index (χ1n) is 9.72. The molecule has 3 rings (SSSR count). The largest absolute Gasteiger partial charge is 0.466 e. The summed E-state index contributed by atoms with van der Waals surface area (Å²) in [5.41, 5.74) is 1.91. The summed E-state index contributed by atoms with van der Waals surface area (Å²) in [7, 11) is 0. The van der Waals surface area contributed by atoms with Crippen LogP contribution in [-0.2, 0) is 16.1 Å². The minimum absolute atomic E-state index is 0.0675. The molecule has 1 aliphatic heterocycles. The Morgan fingerprint density at radius 3 is 2.74 bits per heavy atom. The Labute approximate surface area is 161 Å². The zero-order valence-electron chi connectivity index (χ0n) is 16.0. The van der Waals surface area contributed by atoms with E-state index in [2.05, 4.69) is 34.2 Å². The Kier molecular flexibility index (Phi) is 6.77. The van der Waals surface area contributed by atoms with Gasteiger partial charge in [0, 0.05) is 25.5 Å². The van der Waals surface area contributed by atoms with Crippen molar-refractivity contribution in [3.8, 4) is 0 Å². The van der Waals surface area contributed by atoms with Crippen LogP contribution in [0.3, 0.4) is 0 Å². The van der Waals surface area contributed by atoms with E-state index in [4.69, 9.17) is 4.74 Å². The lowest BCUT2D eigenvalue weighted by atomic mass is 9.76. The van der Waals surface area contributed by atoms with E-state index in [0.29, 0.717) is 13.0 Å². The molecule has 1 saturated heterocycles. The van der Waals surface area contributed by atoms with Gasteiger partial charge in [-0.25, -0.2) is 0 Å². The number of nitrogens with zero attached hydrogens (tertiary/aromatic N) is 2. The number of benzene rings is 1. The van der Waals surface area contributed by atoms with Crippen molar-refractivity contribution in [2.75, 3.05) is 19.7 Å². The number of pyridine rings is 1. The quantitative estimate of drug-likeness (QED) is 0.686. The monoisotopic (exact) mass is 364 g/mol. The number of likely N-dealkylation sites (tertiary alicyclic amines) is 1. The minimum atomic E-state index is -0.466. The van der Waals surface area contributed by atoms with Crippen LogP contribution in [0, 0.1) is 5.41 Å². The van der Waals surface area contributed by atoms with Crippen LogP contribution in [0.15, 0.2) is 60.9 Å². The molecule has 27 heavy (non-hydrogen) atoms. The second kappa shape index (κ2) is 9.47. The standard InChI is InChI=1S/C23H28N2O2/c1-2-27-22(26)23(13-6-10-20-8-4-3-5-9-20)14-7-17-25(19-23)18-21-11-15-24-16-12-21/h3-6,8-12,15-16H,2,7,13-14,17-19H2,1H3/b10-6+/t23-/m0/s1. The van der Waals surface area contributed by atoms with Crippen molar-refractivity contribution in [3.63, 3.8) is 0 Å². The van der Waals surface area contributed by atoms with E-state index in [9.17, 15) is 4.79 Å². The molecule has 1 aromatic carbocycles. The predicted octanol–water partition coefficient (Wildman–Crippen LogP) is 4.33. The zero-order valence-corrected chi connectivity index (χ0v) is 16.0. The number of carbonyl (C=O) groups excluding carboxylic acids is 1. The molecule has 142 valence electrons. The highest BCUT2D eigenvalue weighted by atomic mass is 16.5. The van der Waals surface area contributed by atoms with Gasteiger partial charge in [-0.15, -0.1) is 0 Å². The molecular weight excluding hydrogens is 336 g/mol. The topological polar surface area (TPSA) is 42.4 Å². The molecule has 0 saturated carbocycles. The van der Waals surface area contributed by atoms with E-state index in [-0.39, 0.29) is 5.97 Å². The maximum absolute atomic E-state index is 12.9. The highest BCUT2D eigenvalue weighted by Crippen LogP contribution is 2.36. The Balaban J connectivity index is 1.73. The molecule has 1 atom stereocenters. The maximum atomic E-state index is 12.9. The molecule has 0 bridgehead atoms. The van der Waals surface area contributed by atoms with Gasteiger partial charge in [0.15, 0.2) is 0 Å². The van der Waals surface area contributed by atoms with Crippen molar-refractivity contribution < 1.29 is 9.53 Å². The van der Waals surface area contributed by atoms with E-state index in [1.54, 1.807) is 0 Å². The highest BCUT2D eigenvalue weighted by Gasteiger charge is 2.42. The average molecular weight is 364 g/mol. The fourth-order valence-corrected chi connectivity index (χ4v) is 3.79. The molecule has 0 unspecified atom stereocenters. The van der Waals surface area contributed by atoms with E-state index < -0.39 is 5.41 Å². The Morgan fingerprint density at radius 2 is 2.00 bits per heavy atom. The van der Waals surface area contributed by atoms with Gasteiger partial charge in [0.25, 0.3) is 0 Å². The molecule has 0 amide bonds. The molecule has 0 radical (unpaired) electrons. The zero-order chi connectivity index (χ0) is 19.0. The first-order valence-corrected chi connectivity index (χ1v) is 9.72. The summed E-state index contributed by atoms with van der Waals surface area (Å²) in [4.78, 5) is 19.3. The number of ether oxygens (including phenoxy) is 1. The molecule has 2 aromatic rings. The summed E-state index contributed by atoms with van der Waals surface area (Å²) in [6.45, 7) is 4.88. The number of rotatable bonds is 7. The Hall–Kier alpha value is -2.46. The number of carbonyl (C=O) groups is 1. The van der Waals surface area contributed by atoms with Crippen molar-refractivity contribution in [3.05, 3.63) is 72.1 Å². The van der Waals surface area contributed by atoms with Gasteiger partial charge in [0.05, 0.1) is 12.0 Å². The predicted molar refractivity (Wildman–Crippen MR) is 108 cm³/mol. The van der Waals surface area contributed by atoms with E-state index in [0.717, 1.165) is 38.0 Å². The van der Waals surface area contributed by atoms with Crippen LogP contribution >= 0.6 is 0 Å². The van der Waals surface area contributed by atoms with E-state index in [1.165, 1.54) is 5.56 Å². The molecule has 1 fully saturated rings. The lowest BCUT2D eigenvalue weighted by Gasteiger charge is -2.40. The molecule has 1 aliphatic rings. The number of allylic oxidation sites excluding steroid dienone is 1. The summed E-state index contributed by atoms with van der Waals surface area (Å²) < 4.78 is 5.48. The third-order valence-electron chi connectivity index (χ3n) is 5.14. The molecule has 4 nitrogen and oxygen atoms in total. The van der Waals surface area contributed by atoms with Crippen LogP contribution < -0.4 is 0 Å². The number of hydrogen-bond donors (Lipinski definition) is 0. The number of hydrogen-bond acceptors (Lipinski definition) is 4. The SMILES string of the molecule is CCOC(=O)[C@@]1(C/C=C/c2ccccc2)CCCN(Cc2ccncc2)C1. The van der Waals surface area contributed by atoms with Crippen molar-refractivity contribution in [2.24, 2.45) is 5.41 Å². The third-order valence-corrected chi connectivity index (χ3v) is 5.14. The maximum Gasteiger partial charge on any atom is 0.313 e. The fourth-order valence-electron chi connectivity index (χ4n) is 3.79. The molecule has 2 heterocycles. The van der Waals surface area contributed by atoms with Crippen LogP contribution in [0.25, 0.3) is 6.08 Å². The van der Waals surface area contributed by atoms with Crippen molar-refractivity contribution >= 4 is 12.0 Å². The van der Waals surface area contributed by atoms with Crippen molar-refractivity contribution in [2.45, 2.75) is 32.7 Å². The summed E-state index contributed by atoms with van der Waals surface area (Å²) in [5.74, 6) is -0.0675. The van der Waals surface area contributed by atoms with Crippen LogP contribution in [0.1, 0.15) is 37.3 Å². The van der Waals surface area contributed by atoms with Gasteiger partial charge < -0.3 is 4.74 Å². The molecule has 0 N–H and O–H groups in total. The highest BCUT2D eigenvalue weighted by molar-refractivity contribution is 5.77. The number of piperidine rings is 1. The van der Waals surface area contributed by atoms with Crippen LogP contribution in [0.4, 0.5) is 0 Å². The van der Waals surface area contributed by atoms with Crippen molar-refractivity contribution in [1.29, 1.82) is 0 Å². The molecule has 0 aliphatic carbocycles. The smallest absolute Gasteiger partial charge is 0.313 e. The van der Waals surface area contributed by atoms with Crippen LogP contribution in [-0.4, -0.2) is 35.5 Å². The van der Waals surface area contributed by atoms with Gasteiger partial charge in [0.1, 0.15) is 0 Å². The summed E-state index contributed by atoms with van der Waals surface area (Å²) in [5, 5.41) is 0. The molecule has 1 aromatic heterocycles. The number of esters is 1. The Morgan fingerprint density at radius 1 is 1.22 bits per heavy atom. The lowest BCUT2D eigenvalue weighted by molar-refractivity contribution is -0.159. The normalized spacial score (nSPS) is 20.6. The summed E-state index contributed by atoms with van der Waals surface area (Å²) in [6.07, 6.45) is 10.4. The fraction of sp³-hybridized carbons (Fsp3) is 0.391. The van der Waals surface area contributed by atoms with Gasteiger partial charge in [-0.3, -0.25) is 14.7 Å². The van der Waals surface area contributed by atoms with Gasteiger partial charge in [-0.05, 0) is 56.0 Å². The van der Waals surface area contributed by atoms with Crippen molar-refractivity contribution in [1.82, 2.24) is 9.88 Å². The summed E-state index contributed by atoms with van der Waals surface area (Å²) in [6, 6.07) is 14.3. The van der Waals surface area contributed by atoms with E-state index in [1.807, 2.05) is 49.6 Å². The minimum Gasteiger partial charge on any atom is -0.466 e. The average Bonchev–Trinajstić information content (AvgIpc) is 2.70.